The number of likely N-dealkylation sites (tertiary alicyclic amines) is 1. The number of ether oxygens (including phenoxy) is 1. The summed E-state index contributed by atoms with van der Waals surface area (Å²) >= 11 is 0. The van der Waals surface area contributed by atoms with E-state index in [1.165, 1.54) is 0 Å². The molecule has 1 aliphatic carbocycles. The number of carboxylic acids is 1. The second kappa shape index (κ2) is 10.0. The van der Waals surface area contributed by atoms with Crippen molar-refractivity contribution in [1.29, 1.82) is 0 Å². The van der Waals surface area contributed by atoms with Gasteiger partial charge in [0.15, 0.2) is 0 Å². The molecule has 2 atom stereocenters. The van der Waals surface area contributed by atoms with E-state index in [9.17, 15) is 28.3 Å². The van der Waals surface area contributed by atoms with Crippen LogP contribution in [0.1, 0.15) is 43.2 Å². The molecule has 2 amide bonds. The molecule has 2 aromatic rings. The zero-order valence-electron chi connectivity index (χ0n) is 19.4. The third-order valence-corrected chi connectivity index (χ3v) is 6.79. The van der Waals surface area contributed by atoms with Crippen molar-refractivity contribution in [3.63, 3.8) is 0 Å². The predicted molar refractivity (Wildman–Crippen MR) is 124 cm³/mol. The zero-order chi connectivity index (χ0) is 25.2. The van der Waals surface area contributed by atoms with Crippen molar-refractivity contribution >= 4 is 18.0 Å². The number of alkyl halides is 2. The van der Waals surface area contributed by atoms with E-state index in [2.05, 4.69) is 5.32 Å². The average molecular weight is 487 g/mol. The number of halogens is 2. The van der Waals surface area contributed by atoms with Gasteiger partial charge in [-0.3, -0.25) is 4.79 Å². The maximum atomic E-state index is 13.7. The highest BCUT2D eigenvalue weighted by Gasteiger charge is 2.50. The molecule has 1 aliphatic heterocycles. The molecule has 2 aliphatic rings. The summed E-state index contributed by atoms with van der Waals surface area (Å²) in [6.07, 6.45) is -1.16. The van der Waals surface area contributed by atoms with Gasteiger partial charge in [-0.05, 0) is 28.2 Å². The number of benzene rings is 2. The van der Waals surface area contributed by atoms with Crippen molar-refractivity contribution in [2.24, 2.45) is 5.92 Å². The van der Waals surface area contributed by atoms with Gasteiger partial charge in [0.1, 0.15) is 12.6 Å². The molecule has 0 aromatic heterocycles. The maximum absolute atomic E-state index is 13.7. The highest BCUT2D eigenvalue weighted by Crippen LogP contribution is 2.44. The van der Waals surface area contributed by atoms with Crippen LogP contribution >= 0.6 is 0 Å². The van der Waals surface area contributed by atoms with E-state index < -0.39 is 42.9 Å². The van der Waals surface area contributed by atoms with Gasteiger partial charge < -0.3 is 20.1 Å². The van der Waals surface area contributed by atoms with Crippen molar-refractivity contribution in [3.05, 3.63) is 59.7 Å². The summed E-state index contributed by atoms with van der Waals surface area (Å²) in [5.74, 6) is -5.75. The van der Waals surface area contributed by atoms with E-state index in [0.29, 0.717) is 6.42 Å². The standard InChI is InChI=1S/C26H28F2N2O5/c1-2-16(11-23(31)30-15-26(27,28)12-22(30)24(32)33)13-29-25(34)35-14-21-19-9-5-3-7-17(19)18-8-4-6-10-20(18)21/h3-10,16,21-22H,2,11-15H2,1H3,(H,29,34)(H,32,33). The minimum absolute atomic E-state index is 0.0820. The van der Waals surface area contributed by atoms with Crippen LogP contribution in [0.15, 0.2) is 48.5 Å². The van der Waals surface area contributed by atoms with Crippen LogP contribution in [-0.2, 0) is 14.3 Å². The van der Waals surface area contributed by atoms with Crippen molar-refractivity contribution in [1.82, 2.24) is 10.2 Å². The van der Waals surface area contributed by atoms with Gasteiger partial charge in [0.25, 0.3) is 5.92 Å². The highest BCUT2D eigenvalue weighted by molar-refractivity contribution is 5.85. The topological polar surface area (TPSA) is 95.9 Å². The largest absolute Gasteiger partial charge is 0.480 e. The molecule has 186 valence electrons. The third-order valence-electron chi connectivity index (χ3n) is 6.79. The Hall–Kier alpha value is -3.49. The summed E-state index contributed by atoms with van der Waals surface area (Å²) in [6.45, 7) is 1.17. The molecule has 1 saturated heterocycles. The van der Waals surface area contributed by atoms with E-state index in [1.54, 1.807) is 0 Å². The summed E-state index contributed by atoms with van der Waals surface area (Å²) < 4.78 is 32.9. The van der Waals surface area contributed by atoms with Crippen LogP contribution in [0.5, 0.6) is 0 Å². The van der Waals surface area contributed by atoms with E-state index in [4.69, 9.17) is 4.74 Å². The molecule has 0 bridgehead atoms. The molecule has 2 unspecified atom stereocenters. The minimum Gasteiger partial charge on any atom is -0.480 e. The lowest BCUT2D eigenvalue weighted by molar-refractivity contribution is -0.148. The Balaban J connectivity index is 1.31. The molecule has 0 saturated carbocycles. The quantitative estimate of drug-likeness (QED) is 0.581. The Kier molecular flexibility index (Phi) is 7.05. The van der Waals surface area contributed by atoms with Crippen LogP contribution in [0.2, 0.25) is 0 Å². The van der Waals surface area contributed by atoms with Crippen LogP contribution in [0.25, 0.3) is 11.1 Å². The number of fused-ring (bicyclic) bond motifs is 3. The summed E-state index contributed by atoms with van der Waals surface area (Å²) in [7, 11) is 0. The number of carboxylic acid groups (broad SMARTS) is 1. The first-order valence-corrected chi connectivity index (χ1v) is 11.7. The van der Waals surface area contributed by atoms with Gasteiger partial charge in [0.2, 0.25) is 5.91 Å². The molecule has 0 spiro atoms. The first kappa shape index (κ1) is 24.6. The molecule has 9 heteroatoms. The Labute approximate surface area is 202 Å². The van der Waals surface area contributed by atoms with Crippen molar-refractivity contribution < 1.29 is 33.0 Å². The Bertz CT molecular complexity index is 1080. The fraction of sp³-hybridized carbons (Fsp3) is 0.423. The lowest BCUT2D eigenvalue weighted by Crippen LogP contribution is -2.42. The molecule has 7 nitrogen and oxygen atoms in total. The van der Waals surface area contributed by atoms with Crippen LogP contribution in [-0.4, -0.2) is 59.6 Å². The highest BCUT2D eigenvalue weighted by atomic mass is 19.3. The van der Waals surface area contributed by atoms with E-state index in [1.807, 2.05) is 55.5 Å². The Morgan fingerprint density at radius 1 is 1.11 bits per heavy atom. The molecule has 1 heterocycles. The first-order chi connectivity index (χ1) is 16.7. The average Bonchev–Trinajstić information content (AvgIpc) is 3.34. The van der Waals surface area contributed by atoms with Gasteiger partial charge in [-0.15, -0.1) is 0 Å². The number of hydrogen-bond donors (Lipinski definition) is 2. The molecule has 35 heavy (non-hydrogen) atoms. The van der Waals surface area contributed by atoms with Crippen LogP contribution in [0.4, 0.5) is 13.6 Å². The number of hydrogen-bond acceptors (Lipinski definition) is 4. The summed E-state index contributed by atoms with van der Waals surface area (Å²) in [5, 5.41) is 11.9. The number of alkyl carbamates (subject to hydrolysis) is 1. The van der Waals surface area contributed by atoms with Gasteiger partial charge in [0.05, 0.1) is 6.54 Å². The van der Waals surface area contributed by atoms with Gasteiger partial charge in [-0.25, -0.2) is 18.4 Å². The van der Waals surface area contributed by atoms with Crippen molar-refractivity contribution in [3.8, 4) is 11.1 Å². The normalized spacial score (nSPS) is 19.1. The number of amides is 2. The first-order valence-electron chi connectivity index (χ1n) is 11.7. The van der Waals surface area contributed by atoms with Gasteiger partial charge in [0, 0.05) is 25.3 Å². The van der Waals surface area contributed by atoms with Crippen molar-refractivity contribution in [2.75, 3.05) is 19.7 Å². The number of rotatable bonds is 8. The zero-order valence-corrected chi connectivity index (χ0v) is 19.4. The SMILES string of the molecule is CCC(CNC(=O)OCC1c2ccccc2-c2ccccc21)CC(=O)N1CC(F)(F)CC1C(=O)O. The molecule has 4 rings (SSSR count). The Morgan fingerprint density at radius 3 is 2.29 bits per heavy atom. The molecular formula is C26H28F2N2O5. The second-order valence-corrected chi connectivity index (χ2v) is 9.12. The number of aliphatic carboxylic acids is 1. The molecule has 2 aromatic carbocycles. The van der Waals surface area contributed by atoms with Gasteiger partial charge in [-0.1, -0.05) is 61.9 Å². The van der Waals surface area contributed by atoms with E-state index in [-0.39, 0.29) is 31.4 Å². The monoisotopic (exact) mass is 486 g/mol. The second-order valence-electron chi connectivity index (χ2n) is 9.12. The fourth-order valence-electron chi connectivity index (χ4n) is 4.90. The number of carbonyl (C=O) groups is 3. The number of nitrogens with one attached hydrogen (secondary N) is 1. The lowest BCUT2D eigenvalue weighted by atomic mass is 9.98. The summed E-state index contributed by atoms with van der Waals surface area (Å²) in [4.78, 5) is 37.0. The van der Waals surface area contributed by atoms with Gasteiger partial charge >= 0.3 is 12.1 Å². The predicted octanol–water partition coefficient (Wildman–Crippen LogP) is 4.26. The van der Waals surface area contributed by atoms with E-state index in [0.717, 1.165) is 27.2 Å². The summed E-state index contributed by atoms with van der Waals surface area (Å²) in [6, 6.07) is 14.4. The van der Waals surface area contributed by atoms with Crippen LogP contribution < -0.4 is 5.32 Å². The molecular weight excluding hydrogens is 458 g/mol. The number of nitrogens with zero attached hydrogens (tertiary/aromatic N) is 1. The molecule has 0 radical (unpaired) electrons. The van der Waals surface area contributed by atoms with E-state index >= 15 is 0 Å². The number of carbonyl (C=O) groups excluding carboxylic acids is 2. The van der Waals surface area contributed by atoms with Crippen LogP contribution in [0.3, 0.4) is 0 Å². The third kappa shape index (κ3) is 5.28. The van der Waals surface area contributed by atoms with Gasteiger partial charge in [-0.2, -0.15) is 0 Å². The minimum atomic E-state index is -3.22. The fourth-order valence-corrected chi connectivity index (χ4v) is 4.90. The maximum Gasteiger partial charge on any atom is 0.407 e. The van der Waals surface area contributed by atoms with Crippen LogP contribution in [0, 0.1) is 5.92 Å². The Morgan fingerprint density at radius 2 is 1.71 bits per heavy atom. The molecule has 1 fully saturated rings. The van der Waals surface area contributed by atoms with Crippen molar-refractivity contribution in [2.45, 2.75) is 44.1 Å². The molecule has 2 N–H and O–H groups in total. The smallest absolute Gasteiger partial charge is 0.407 e. The summed E-state index contributed by atoms with van der Waals surface area (Å²) in [5.41, 5.74) is 4.42. The lowest BCUT2D eigenvalue weighted by Gasteiger charge is -2.24.